The summed E-state index contributed by atoms with van der Waals surface area (Å²) in [5.74, 6) is 1.97. The molecule has 4 aromatic rings. The second kappa shape index (κ2) is 6.99. The summed E-state index contributed by atoms with van der Waals surface area (Å²) in [5.41, 5.74) is 4.87. The summed E-state index contributed by atoms with van der Waals surface area (Å²) in [5, 5.41) is 2.11. The fourth-order valence-corrected chi connectivity index (χ4v) is 6.28. The number of hydrogen-bond acceptors (Lipinski definition) is 7. The van der Waals surface area contributed by atoms with E-state index < -0.39 is 0 Å². The van der Waals surface area contributed by atoms with Gasteiger partial charge in [-0.2, -0.15) is 0 Å². The summed E-state index contributed by atoms with van der Waals surface area (Å²) >= 11 is 3.38. The van der Waals surface area contributed by atoms with Gasteiger partial charge < -0.3 is 9.32 Å². The van der Waals surface area contributed by atoms with Gasteiger partial charge >= 0.3 is 0 Å². The molecule has 1 fully saturated rings. The molecule has 0 radical (unpaired) electrons. The number of fused-ring (bicyclic) bond motifs is 5. The van der Waals surface area contributed by atoms with E-state index >= 15 is 0 Å². The van der Waals surface area contributed by atoms with Crippen LogP contribution in [-0.2, 0) is 12.8 Å². The van der Waals surface area contributed by atoms with Gasteiger partial charge in [0.25, 0.3) is 0 Å². The Bertz CT molecular complexity index is 1210. The summed E-state index contributed by atoms with van der Waals surface area (Å²) in [6.07, 6.45) is 10.9. The molecule has 0 unspecified atom stereocenters. The van der Waals surface area contributed by atoms with Crippen molar-refractivity contribution in [2.45, 2.75) is 43.7 Å². The van der Waals surface area contributed by atoms with Gasteiger partial charge in [-0.1, -0.05) is 11.8 Å². The number of furan rings is 1. The summed E-state index contributed by atoms with van der Waals surface area (Å²) in [6, 6.07) is 3.96. The lowest BCUT2D eigenvalue weighted by atomic mass is 10.0. The van der Waals surface area contributed by atoms with Crippen LogP contribution in [0.3, 0.4) is 0 Å². The number of rotatable bonds is 3. The molecular weight excluding hydrogens is 400 g/mol. The van der Waals surface area contributed by atoms with Crippen molar-refractivity contribution in [3.8, 4) is 11.5 Å². The lowest BCUT2D eigenvalue weighted by Crippen LogP contribution is -2.30. The number of hydrogen-bond donors (Lipinski definition) is 0. The van der Waals surface area contributed by atoms with Crippen molar-refractivity contribution in [2.24, 2.45) is 0 Å². The predicted octanol–water partition coefficient (Wildman–Crippen LogP) is 5.70. The minimum Gasteiger partial charge on any atom is -0.463 e. The van der Waals surface area contributed by atoms with E-state index in [0.717, 1.165) is 58.7 Å². The van der Waals surface area contributed by atoms with Gasteiger partial charge in [0.15, 0.2) is 16.7 Å². The van der Waals surface area contributed by atoms with Gasteiger partial charge in [0.05, 0.1) is 16.5 Å². The van der Waals surface area contributed by atoms with Crippen LogP contribution in [-0.4, -0.2) is 34.3 Å². The van der Waals surface area contributed by atoms with Gasteiger partial charge in [-0.25, -0.2) is 15.0 Å². The summed E-state index contributed by atoms with van der Waals surface area (Å²) in [6.45, 7) is 2.16. The number of piperidine rings is 1. The van der Waals surface area contributed by atoms with Gasteiger partial charge in [-0.15, -0.1) is 11.3 Å². The van der Waals surface area contributed by atoms with E-state index in [-0.39, 0.29) is 0 Å². The molecule has 4 aromatic heterocycles. The average Bonchev–Trinajstić information content (AvgIpc) is 3.51. The average molecular weight is 423 g/mol. The molecule has 29 heavy (non-hydrogen) atoms. The van der Waals surface area contributed by atoms with Gasteiger partial charge in [-0.05, 0) is 68.0 Å². The number of anilines is 1. The number of thiophene rings is 1. The molecule has 0 bridgehead atoms. The molecule has 0 amide bonds. The largest absolute Gasteiger partial charge is 0.463 e. The highest BCUT2D eigenvalue weighted by Gasteiger charge is 2.27. The molecule has 6 rings (SSSR count). The van der Waals surface area contributed by atoms with E-state index in [9.17, 15) is 0 Å². The molecule has 1 aliphatic carbocycles. The summed E-state index contributed by atoms with van der Waals surface area (Å²) in [4.78, 5) is 18.5. The minimum atomic E-state index is 0.861. The van der Waals surface area contributed by atoms with Gasteiger partial charge in [0.1, 0.15) is 10.5 Å². The van der Waals surface area contributed by atoms with E-state index in [1.807, 2.05) is 12.1 Å². The quantitative estimate of drug-likeness (QED) is 0.312. The topological polar surface area (TPSA) is 55.1 Å². The van der Waals surface area contributed by atoms with Crippen molar-refractivity contribution in [3.05, 3.63) is 29.5 Å². The van der Waals surface area contributed by atoms with E-state index in [2.05, 4.69) is 11.2 Å². The van der Waals surface area contributed by atoms with Crippen LogP contribution in [0.1, 0.15) is 36.8 Å². The maximum absolute atomic E-state index is 5.73. The maximum atomic E-state index is 5.73. The van der Waals surface area contributed by atoms with Crippen LogP contribution < -0.4 is 4.90 Å². The Morgan fingerprint density at radius 2 is 1.90 bits per heavy atom. The van der Waals surface area contributed by atoms with E-state index in [1.54, 1.807) is 29.4 Å². The van der Waals surface area contributed by atoms with Crippen LogP contribution in [0, 0.1) is 0 Å². The Morgan fingerprint density at radius 1 is 1.03 bits per heavy atom. The molecule has 5 nitrogen and oxygen atoms in total. The van der Waals surface area contributed by atoms with Crippen molar-refractivity contribution in [3.63, 3.8) is 0 Å². The van der Waals surface area contributed by atoms with Crippen LogP contribution in [0.25, 0.3) is 31.9 Å². The fourth-order valence-electron chi connectivity index (χ4n) is 4.76. The van der Waals surface area contributed by atoms with E-state index in [4.69, 9.17) is 19.4 Å². The molecule has 0 aromatic carbocycles. The van der Waals surface area contributed by atoms with Crippen molar-refractivity contribution in [1.29, 1.82) is 0 Å². The Morgan fingerprint density at radius 3 is 2.69 bits per heavy atom. The molecule has 2 aliphatic rings. The van der Waals surface area contributed by atoms with Crippen LogP contribution in [0.2, 0.25) is 0 Å². The molecule has 148 valence electrons. The predicted molar refractivity (Wildman–Crippen MR) is 120 cm³/mol. The van der Waals surface area contributed by atoms with Crippen LogP contribution >= 0.6 is 23.1 Å². The molecule has 0 spiro atoms. The van der Waals surface area contributed by atoms with Crippen LogP contribution in [0.5, 0.6) is 0 Å². The number of thioether (sulfide) groups is 1. The minimum absolute atomic E-state index is 0.861. The number of pyridine rings is 1. The first-order chi connectivity index (χ1) is 14.3. The van der Waals surface area contributed by atoms with Crippen molar-refractivity contribution >= 4 is 49.3 Å². The van der Waals surface area contributed by atoms with Crippen molar-refractivity contribution in [1.82, 2.24) is 15.0 Å². The first-order valence-electron chi connectivity index (χ1n) is 10.3. The normalized spacial score (nSPS) is 16.8. The molecular formula is C22H22N4OS2. The van der Waals surface area contributed by atoms with E-state index in [1.165, 1.54) is 46.9 Å². The third kappa shape index (κ3) is 2.78. The Kier molecular flexibility index (Phi) is 4.27. The van der Waals surface area contributed by atoms with Gasteiger partial charge in [-0.3, -0.25) is 0 Å². The highest BCUT2D eigenvalue weighted by atomic mass is 32.2. The molecule has 5 heterocycles. The maximum Gasteiger partial charge on any atom is 0.189 e. The lowest BCUT2D eigenvalue weighted by Gasteiger charge is -2.28. The third-order valence-corrected chi connectivity index (χ3v) is 7.70. The molecule has 7 heteroatoms. The molecule has 0 saturated carbocycles. The second-order valence-corrected chi connectivity index (χ2v) is 9.56. The monoisotopic (exact) mass is 422 g/mol. The smallest absolute Gasteiger partial charge is 0.189 e. The molecule has 0 atom stereocenters. The molecule has 0 N–H and O–H groups in total. The summed E-state index contributed by atoms with van der Waals surface area (Å²) in [7, 11) is 0. The Labute approximate surface area is 177 Å². The van der Waals surface area contributed by atoms with Crippen LogP contribution in [0.4, 0.5) is 5.82 Å². The zero-order valence-electron chi connectivity index (χ0n) is 16.4. The van der Waals surface area contributed by atoms with E-state index in [0.29, 0.717) is 0 Å². The number of nitrogens with zero attached hydrogens (tertiary/aromatic N) is 4. The summed E-state index contributed by atoms with van der Waals surface area (Å²) < 4.78 is 6.92. The first-order valence-corrected chi connectivity index (χ1v) is 12.4. The molecule has 1 saturated heterocycles. The number of aryl methyl sites for hydroxylation is 1. The zero-order chi connectivity index (χ0) is 19.4. The van der Waals surface area contributed by atoms with Crippen molar-refractivity contribution < 1.29 is 4.42 Å². The number of aromatic nitrogens is 3. The Hall–Kier alpha value is -2.12. The standard InChI is InChI=1S/C22H22N4OS2/c1-28-22-24-18-16-13-7-5-8-14(13)17(15-9-6-12-27-15)23-21(16)29-19(18)20(25-22)26-10-3-2-4-11-26/h6,9,12H,2-5,7-8,10-11H2,1H3. The Balaban J connectivity index is 1.66. The van der Waals surface area contributed by atoms with Gasteiger partial charge in [0.2, 0.25) is 0 Å². The highest BCUT2D eigenvalue weighted by molar-refractivity contribution is 7.98. The zero-order valence-corrected chi connectivity index (χ0v) is 18.0. The SMILES string of the molecule is CSc1nc(N2CCCCC2)c2sc3nc(-c4ccco4)c4c(c3c2n1)CCC4. The third-order valence-electron chi connectivity index (χ3n) is 6.09. The fraction of sp³-hybridized carbons (Fsp3) is 0.409. The lowest BCUT2D eigenvalue weighted by molar-refractivity contribution is 0.573. The van der Waals surface area contributed by atoms with Crippen molar-refractivity contribution in [2.75, 3.05) is 24.2 Å². The first kappa shape index (κ1) is 17.7. The van der Waals surface area contributed by atoms with Gasteiger partial charge in [0, 0.05) is 18.5 Å². The van der Waals surface area contributed by atoms with Crippen LogP contribution in [0.15, 0.2) is 28.0 Å². The highest BCUT2D eigenvalue weighted by Crippen LogP contribution is 2.44. The second-order valence-electron chi connectivity index (χ2n) is 7.79. The molecule has 1 aliphatic heterocycles.